The molecule has 3 saturated carbocycles. The van der Waals surface area contributed by atoms with E-state index in [1.165, 1.54) is 36.0 Å². The summed E-state index contributed by atoms with van der Waals surface area (Å²) in [4.78, 5) is 31.4. The fourth-order valence-electron chi connectivity index (χ4n) is 18.0. The molecule has 15 rings (SSSR count). The van der Waals surface area contributed by atoms with Crippen LogP contribution in [0.15, 0.2) is 140 Å². The normalized spacial score (nSPS) is 31.4. The maximum atomic E-state index is 17.3. The van der Waals surface area contributed by atoms with E-state index in [2.05, 4.69) is 102 Å². The smallest absolute Gasteiger partial charge is 0.316 e. The summed E-state index contributed by atoms with van der Waals surface area (Å²) in [6.07, 6.45) is 5.01. The summed E-state index contributed by atoms with van der Waals surface area (Å²) in [6, 6.07) is 44.5. The van der Waals surface area contributed by atoms with Gasteiger partial charge in [-0.05, 0) is 201 Å². The van der Waals surface area contributed by atoms with Crippen LogP contribution in [0.4, 0.5) is 0 Å². The number of aromatic hydroxyl groups is 3. The van der Waals surface area contributed by atoms with Crippen molar-refractivity contribution < 1.29 is 54.1 Å². The Labute approximate surface area is 559 Å². The molecule has 0 amide bonds. The molecule has 1 spiro atoms. The van der Waals surface area contributed by atoms with Gasteiger partial charge in [0.15, 0.2) is 23.0 Å². The fraction of sp³-hybridized carbons (Fsp3) is 0.403. The summed E-state index contributed by atoms with van der Waals surface area (Å²) in [5, 5.41) is 65.8. The molecule has 0 saturated heterocycles. The zero-order chi connectivity index (χ0) is 63.7. The lowest BCUT2D eigenvalue weighted by atomic mass is 9.40. The van der Waals surface area contributed by atoms with E-state index in [1.54, 1.807) is 29.0 Å². The van der Waals surface area contributed by atoms with Gasteiger partial charge < -0.3 is 49.8 Å². The van der Waals surface area contributed by atoms with Crippen molar-refractivity contribution >= 4 is 72.0 Å². The Bertz CT molecular complexity index is 4130. The molecule has 3 fully saturated rings. The lowest BCUT2D eigenvalue weighted by Crippen LogP contribution is -2.62. The molecular weight excluding hydrogens is 1240 g/mol. The summed E-state index contributed by atoms with van der Waals surface area (Å²) < 4.78 is 26.8. The summed E-state index contributed by atoms with van der Waals surface area (Å²) in [7, 11) is 8.14. The molecular formula is C77H77NO11S4. The maximum absolute atomic E-state index is 17.3. The van der Waals surface area contributed by atoms with E-state index in [0.717, 1.165) is 78.8 Å². The van der Waals surface area contributed by atoms with Gasteiger partial charge in [-0.1, -0.05) is 152 Å². The Kier molecular flexibility index (Phi) is 17.3. The Morgan fingerprint density at radius 1 is 0.763 bits per heavy atom. The van der Waals surface area contributed by atoms with Crippen molar-refractivity contribution in [3.05, 3.63) is 190 Å². The Hall–Kier alpha value is -6.68. The topological polar surface area (TPSA) is 184 Å². The third-order valence-corrected chi connectivity index (χ3v) is 27.0. The second kappa shape index (κ2) is 25.8. The highest BCUT2D eigenvalue weighted by Gasteiger charge is 2.66. The van der Waals surface area contributed by atoms with Crippen LogP contribution < -0.4 is 14.8 Å². The Morgan fingerprint density at radius 2 is 1.60 bits per heavy atom. The molecule has 0 unspecified atom stereocenters. The molecule has 6 N–H and O–H groups in total. The minimum atomic E-state index is -1.30. The number of fused-ring (bicyclic) bond motifs is 12. The molecule has 93 heavy (non-hydrogen) atoms. The first-order valence-electron chi connectivity index (χ1n) is 32.8. The lowest BCUT2D eigenvalue weighted by molar-refractivity contribution is -0.179. The number of nitrogens with one attached hydrogen (secondary N) is 1. The number of phenols is 3. The van der Waals surface area contributed by atoms with Gasteiger partial charge >= 0.3 is 11.9 Å². The zero-order valence-corrected chi connectivity index (χ0v) is 55.3. The maximum Gasteiger partial charge on any atom is 0.316 e. The molecule has 480 valence electrons. The molecule has 5 aliphatic carbocycles. The number of hydrogen-bond donors (Lipinski definition) is 6. The van der Waals surface area contributed by atoms with E-state index in [4.69, 9.17) is 18.9 Å². The minimum Gasteiger partial charge on any atom is -0.508 e. The van der Waals surface area contributed by atoms with Gasteiger partial charge in [-0.3, -0.25) is 9.59 Å². The second-order valence-electron chi connectivity index (χ2n) is 27.2. The van der Waals surface area contributed by atoms with E-state index < -0.39 is 76.1 Å². The zero-order valence-electron chi connectivity index (χ0n) is 52.1. The number of aliphatic hydroxyl groups is 2. The third-order valence-electron chi connectivity index (χ3n) is 22.0. The number of allylic oxidation sites excluding steroid dienone is 1. The monoisotopic (exact) mass is 1320 g/mol. The molecule has 7 aromatic rings. The quantitative estimate of drug-likeness (QED) is 0.0555. The number of esters is 2. The number of hydrogen-bond acceptors (Lipinski definition) is 16. The van der Waals surface area contributed by atoms with E-state index in [0.29, 0.717) is 56.7 Å². The van der Waals surface area contributed by atoms with Crippen molar-refractivity contribution in [1.29, 1.82) is 0 Å². The predicted molar refractivity (Wildman–Crippen MR) is 370 cm³/mol. The van der Waals surface area contributed by atoms with Crippen molar-refractivity contribution in [1.82, 2.24) is 5.32 Å². The Morgan fingerprint density at radius 3 is 2.45 bits per heavy atom. The summed E-state index contributed by atoms with van der Waals surface area (Å²) in [5.41, 5.74) is 7.57. The van der Waals surface area contributed by atoms with Gasteiger partial charge in [0.25, 0.3) is 0 Å². The number of ether oxygens (including phenoxy) is 4. The fourth-order valence-corrected chi connectivity index (χ4v) is 23.0. The SMILES string of the molecule is COc1cc2c(cc1O)[C@@H]1C[C@H](O)[C@@H]3Cc4cc(O)c5cc4[C@H]4C[C@@H](C[C@@H](OC(C)=O)[C@@H](C2)[C@@]1(/C=C/c1ccccc1)[C@H]34)OC(=O)[C@]12C[C@@H](CSS[C@@H](O)CO5)[C@@H]3CSSCc4ccccc4C[C@@H](C#C[C@H]3C1)CNCc1cccc(c1)-c1cc(O)cc3ccc2cc13. The molecule has 12 bridgehead atoms. The van der Waals surface area contributed by atoms with Gasteiger partial charge in [0.1, 0.15) is 30.0 Å². The van der Waals surface area contributed by atoms with Gasteiger partial charge in [0.05, 0.1) is 18.6 Å². The van der Waals surface area contributed by atoms with Gasteiger partial charge in [-0.25, -0.2) is 0 Å². The van der Waals surface area contributed by atoms with Crippen LogP contribution in [0.25, 0.3) is 28.0 Å². The third kappa shape index (κ3) is 11.8. The number of aliphatic hydroxyl groups excluding tert-OH is 2. The number of benzene rings is 7. The highest BCUT2D eigenvalue weighted by atomic mass is 33.1. The molecule has 15 atom stereocenters. The van der Waals surface area contributed by atoms with Crippen LogP contribution in [0, 0.1) is 58.7 Å². The number of methoxy groups -OCH3 is 1. The van der Waals surface area contributed by atoms with Crippen LogP contribution in [0.3, 0.4) is 0 Å². The Balaban J connectivity index is 0.953. The standard InChI is InChI=1S/C77H77NO11S4/c1-43(79)88-70-31-57-30-62-60-33-72(68(82)26-52(60)24-63-67(81)34-65-61-32-69(83)71(86-2)27-53(61)25-66(70)77(65,74(62)63)20-19-44-9-4-3-5-10-44)87-39-73(84)93-92-41-54-36-76(75(85)89-57)35-50-16-15-46(21-47-12-6-7-13-51(47)40-90-91-42-64(50)54)38-78-37-45-11-8-14-48(22-45)59-29-56(80)23-49-17-18-55(76)28-58(49)59/h3-14,17-20,22-23,26-29,32-33,46,50,54,57,62-67,70,73-74,78,80-84H,21,24-25,30-31,34-42H2,1-2H3/b20-19+/t46-,50+,54+,57+,62-,63+,64-,65+,66-,67+,70-,73-,74+,76+,77+/m1/s1. The number of carbonyl (C=O) groups excluding carboxylic acids is 2. The molecule has 16 heteroatoms. The van der Waals surface area contributed by atoms with Gasteiger partial charge in [-0.15, -0.1) is 0 Å². The highest BCUT2D eigenvalue weighted by molar-refractivity contribution is 8.77. The van der Waals surface area contributed by atoms with Crippen molar-refractivity contribution in [2.45, 2.75) is 112 Å². The van der Waals surface area contributed by atoms with Gasteiger partial charge in [-0.2, -0.15) is 0 Å². The van der Waals surface area contributed by atoms with Crippen LogP contribution in [0.5, 0.6) is 28.7 Å². The molecule has 8 aliphatic rings. The van der Waals surface area contributed by atoms with Crippen LogP contribution >= 0.6 is 43.2 Å². The molecule has 7 aromatic carbocycles. The second-order valence-corrected chi connectivity index (χ2v) is 32.3. The summed E-state index contributed by atoms with van der Waals surface area (Å²) >= 11 is 0. The first-order valence-corrected chi connectivity index (χ1v) is 37.6. The molecule has 3 aliphatic heterocycles. The first-order chi connectivity index (χ1) is 45.2. The molecule has 3 heterocycles. The molecule has 0 aromatic heterocycles. The van der Waals surface area contributed by atoms with Gasteiger partial charge in [0.2, 0.25) is 0 Å². The van der Waals surface area contributed by atoms with E-state index in [-0.39, 0.29) is 66.1 Å². The van der Waals surface area contributed by atoms with E-state index in [1.807, 2.05) is 64.1 Å². The van der Waals surface area contributed by atoms with Crippen molar-refractivity contribution in [2.75, 3.05) is 31.8 Å². The molecule has 12 nitrogen and oxygen atoms in total. The van der Waals surface area contributed by atoms with Crippen LogP contribution in [0.2, 0.25) is 0 Å². The summed E-state index contributed by atoms with van der Waals surface area (Å²) in [6.45, 7) is 2.58. The van der Waals surface area contributed by atoms with Crippen LogP contribution in [0.1, 0.15) is 101 Å². The van der Waals surface area contributed by atoms with Crippen LogP contribution in [-0.4, -0.2) is 93.0 Å². The average Bonchev–Trinajstić information content (AvgIpc) is 0.697. The van der Waals surface area contributed by atoms with Crippen molar-refractivity contribution in [3.8, 4) is 51.7 Å². The van der Waals surface area contributed by atoms with Crippen LogP contribution in [-0.2, 0) is 56.0 Å². The van der Waals surface area contributed by atoms with E-state index in [9.17, 15) is 30.3 Å². The summed E-state index contributed by atoms with van der Waals surface area (Å²) in [5.74, 6) is 7.22. The molecule has 0 radical (unpaired) electrons. The highest BCUT2D eigenvalue weighted by Crippen LogP contribution is 2.70. The average molecular weight is 1320 g/mol. The van der Waals surface area contributed by atoms with Gasteiger partial charge in [0, 0.05) is 66.9 Å². The lowest BCUT2D eigenvalue weighted by Gasteiger charge is -2.64. The number of phenolic OH excluding ortho intramolecular Hbond substituents is 3. The van der Waals surface area contributed by atoms with E-state index >= 15 is 4.79 Å². The predicted octanol–water partition coefficient (Wildman–Crippen LogP) is 14.1. The van der Waals surface area contributed by atoms with Crippen molar-refractivity contribution in [3.63, 3.8) is 0 Å². The number of carbonyl (C=O) groups is 2. The largest absolute Gasteiger partial charge is 0.508 e. The number of rotatable bonds is 4. The minimum absolute atomic E-state index is 0.00892. The van der Waals surface area contributed by atoms with Crippen molar-refractivity contribution in [2.24, 2.45) is 46.8 Å². The first kappa shape index (κ1) is 62.4.